The van der Waals surface area contributed by atoms with Crippen molar-refractivity contribution in [1.29, 1.82) is 0 Å². The summed E-state index contributed by atoms with van der Waals surface area (Å²) in [5.74, 6) is -1.51. The molecular formula is C20H28N2O6. The fourth-order valence-electron chi connectivity index (χ4n) is 2.79. The van der Waals surface area contributed by atoms with Gasteiger partial charge in [-0.25, -0.2) is 4.79 Å². The number of morpholine rings is 1. The highest BCUT2D eigenvalue weighted by atomic mass is 16.6. The lowest BCUT2D eigenvalue weighted by Crippen LogP contribution is -2.36. The zero-order valence-electron chi connectivity index (χ0n) is 16.9. The fraction of sp³-hybridized carbons (Fsp3) is 0.550. The Morgan fingerprint density at radius 3 is 2.46 bits per heavy atom. The van der Waals surface area contributed by atoms with Crippen LogP contribution in [0.15, 0.2) is 18.2 Å². The minimum Gasteiger partial charge on any atom is -0.465 e. The average molecular weight is 392 g/mol. The van der Waals surface area contributed by atoms with E-state index in [1.807, 2.05) is 0 Å². The number of nitrogens with one attached hydrogen (secondary N) is 1. The number of carbonyl (C=O) groups excluding carboxylic acids is 3. The minimum atomic E-state index is -0.652. The summed E-state index contributed by atoms with van der Waals surface area (Å²) in [5.41, 5.74) is 1.06. The Balaban J connectivity index is 2.13. The van der Waals surface area contributed by atoms with Gasteiger partial charge in [0.2, 0.25) is 5.91 Å². The van der Waals surface area contributed by atoms with Crippen LogP contribution < -0.4 is 5.32 Å². The predicted molar refractivity (Wildman–Crippen MR) is 103 cm³/mol. The Morgan fingerprint density at radius 2 is 1.86 bits per heavy atom. The van der Waals surface area contributed by atoms with E-state index in [9.17, 15) is 14.4 Å². The zero-order chi connectivity index (χ0) is 20.7. The first-order valence-electron chi connectivity index (χ1n) is 9.21. The van der Waals surface area contributed by atoms with E-state index in [2.05, 4.69) is 10.2 Å². The summed E-state index contributed by atoms with van der Waals surface area (Å²) in [6.45, 7) is 8.56. The molecule has 154 valence electrons. The number of hydrogen-bond donors (Lipinski definition) is 1. The van der Waals surface area contributed by atoms with Gasteiger partial charge in [0.1, 0.15) is 12.0 Å². The van der Waals surface area contributed by atoms with Crippen LogP contribution in [0.5, 0.6) is 0 Å². The molecule has 0 bridgehead atoms. The van der Waals surface area contributed by atoms with Gasteiger partial charge in [0.25, 0.3) is 0 Å². The second kappa shape index (κ2) is 9.66. The summed E-state index contributed by atoms with van der Waals surface area (Å²) < 4.78 is 15.3. The molecule has 8 nitrogen and oxygen atoms in total. The summed E-state index contributed by atoms with van der Waals surface area (Å²) >= 11 is 0. The third-order valence-electron chi connectivity index (χ3n) is 4.02. The summed E-state index contributed by atoms with van der Waals surface area (Å²) in [7, 11) is 1.32. The van der Waals surface area contributed by atoms with Crippen LogP contribution in [-0.2, 0) is 30.3 Å². The van der Waals surface area contributed by atoms with Gasteiger partial charge < -0.3 is 19.5 Å². The summed E-state index contributed by atoms with van der Waals surface area (Å²) in [6.07, 6.45) is -0.382. The van der Waals surface area contributed by atoms with E-state index in [-0.39, 0.29) is 6.42 Å². The predicted octanol–water partition coefficient (Wildman–Crippen LogP) is 1.98. The number of esters is 2. The van der Waals surface area contributed by atoms with E-state index in [1.165, 1.54) is 7.11 Å². The Hall–Kier alpha value is -2.45. The molecule has 0 saturated carbocycles. The number of hydrogen-bond acceptors (Lipinski definition) is 7. The van der Waals surface area contributed by atoms with Crippen LogP contribution in [0.1, 0.15) is 43.1 Å². The lowest BCUT2D eigenvalue weighted by Gasteiger charge is -2.27. The zero-order valence-corrected chi connectivity index (χ0v) is 16.9. The molecule has 0 aromatic heterocycles. The molecular weight excluding hydrogens is 364 g/mol. The lowest BCUT2D eigenvalue weighted by atomic mass is 10.1. The van der Waals surface area contributed by atoms with Crippen molar-refractivity contribution in [3.8, 4) is 0 Å². The molecule has 0 radical (unpaired) electrons. The van der Waals surface area contributed by atoms with E-state index in [0.717, 1.165) is 18.7 Å². The van der Waals surface area contributed by atoms with Gasteiger partial charge in [0.05, 0.1) is 25.9 Å². The lowest BCUT2D eigenvalue weighted by molar-refractivity contribution is -0.155. The molecule has 0 spiro atoms. The molecule has 2 rings (SSSR count). The van der Waals surface area contributed by atoms with Crippen LogP contribution in [0.2, 0.25) is 0 Å². The van der Waals surface area contributed by atoms with Gasteiger partial charge in [-0.3, -0.25) is 14.5 Å². The van der Waals surface area contributed by atoms with Gasteiger partial charge in [0, 0.05) is 25.3 Å². The van der Waals surface area contributed by atoms with E-state index >= 15 is 0 Å². The molecule has 0 atom stereocenters. The standard InChI is InChI=1S/C20H28N2O6/c1-20(2,3)28-18(24)12-17(23)21-16-6-5-14(19(25)26-4)11-15(16)13-22-7-9-27-10-8-22/h5-6,11H,7-10,12-13H2,1-4H3,(H,21,23). The maximum absolute atomic E-state index is 12.3. The van der Waals surface area contributed by atoms with Crippen molar-refractivity contribution in [1.82, 2.24) is 4.90 Å². The largest absolute Gasteiger partial charge is 0.465 e. The van der Waals surface area contributed by atoms with Crippen molar-refractivity contribution in [3.05, 3.63) is 29.3 Å². The summed E-state index contributed by atoms with van der Waals surface area (Å²) in [5, 5.41) is 2.75. The molecule has 1 saturated heterocycles. The number of ether oxygens (including phenoxy) is 3. The second-order valence-corrected chi connectivity index (χ2v) is 7.56. The Morgan fingerprint density at radius 1 is 1.18 bits per heavy atom. The van der Waals surface area contributed by atoms with Gasteiger partial charge in [-0.05, 0) is 44.5 Å². The molecule has 1 N–H and O–H groups in total. The number of nitrogens with zero attached hydrogens (tertiary/aromatic N) is 1. The maximum atomic E-state index is 12.3. The van der Waals surface area contributed by atoms with Crippen molar-refractivity contribution in [2.24, 2.45) is 0 Å². The van der Waals surface area contributed by atoms with Crippen molar-refractivity contribution >= 4 is 23.5 Å². The molecule has 1 fully saturated rings. The quantitative estimate of drug-likeness (QED) is 0.584. The van der Waals surface area contributed by atoms with E-state index < -0.39 is 23.4 Å². The van der Waals surface area contributed by atoms with Crippen LogP contribution in [0.25, 0.3) is 0 Å². The SMILES string of the molecule is COC(=O)c1ccc(NC(=O)CC(=O)OC(C)(C)C)c(CN2CCOCC2)c1. The maximum Gasteiger partial charge on any atom is 0.337 e. The average Bonchev–Trinajstić information content (AvgIpc) is 2.61. The molecule has 1 amide bonds. The molecule has 1 aliphatic rings. The first kappa shape index (κ1) is 21.8. The van der Waals surface area contributed by atoms with Crippen LogP contribution in [0, 0.1) is 0 Å². The Bertz CT molecular complexity index is 720. The number of benzene rings is 1. The molecule has 1 heterocycles. The van der Waals surface area contributed by atoms with Gasteiger partial charge >= 0.3 is 11.9 Å². The third kappa shape index (κ3) is 6.94. The van der Waals surface area contributed by atoms with Gasteiger partial charge in [-0.15, -0.1) is 0 Å². The number of amides is 1. The van der Waals surface area contributed by atoms with Crippen LogP contribution in [0.4, 0.5) is 5.69 Å². The Labute approximate surface area is 165 Å². The molecule has 0 unspecified atom stereocenters. The normalized spacial score (nSPS) is 15.0. The minimum absolute atomic E-state index is 0.382. The molecule has 28 heavy (non-hydrogen) atoms. The highest BCUT2D eigenvalue weighted by Crippen LogP contribution is 2.21. The molecule has 1 aromatic rings. The summed E-state index contributed by atoms with van der Waals surface area (Å²) in [6, 6.07) is 4.93. The van der Waals surface area contributed by atoms with Gasteiger partial charge in [0.15, 0.2) is 0 Å². The summed E-state index contributed by atoms with van der Waals surface area (Å²) in [4.78, 5) is 38.2. The van der Waals surface area contributed by atoms with Crippen LogP contribution in [0.3, 0.4) is 0 Å². The molecule has 8 heteroatoms. The second-order valence-electron chi connectivity index (χ2n) is 7.56. The first-order valence-corrected chi connectivity index (χ1v) is 9.21. The molecule has 1 aromatic carbocycles. The fourth-order valence-corrected chi connectivity index (χ4v) is 2.79. The number of methoxy groups -OCH3 is 1. The molecule has 0 aliphatic carbocycles. The monoisotopic (exact) mass is 392 g/mol. The van der Waals surface area contributed by atoms with Crippen LogP contribution >= 0.6 is 0 Å². The highest BCUT2D eigenvalue weighted by Gasteiger charge is 2.21. The van der Waals surface area contributed by atoms with Crippen LogP contribution in [-0.4, -0.2) is 61.8 Å². The number of anilines is 1. The van der Waals surface area contributed by atoms with Crippen molar-refractivity contribution < 1.29 is 28.6 Å². The first-order chi connectivity index (χ1) is 13.2. The van der Waals surface area contributed by atoms with Gasteiger partial charge in [-0.1, -0.05) is 0 Å². The molecule has 1 aliphatic heterocycles. The van der Waals surface area contributed by atoms with Crippen molar-refractivity contribution in [3.63, 3.8) is 0 Å². The smallest absolute Gasteiger partial charge is 0.337 e. The van der Waals surface area contributed by atoms with E-state index in [4.69, 9.17) is 14.2 Å². The number of carbonyl (C=O) groups is 3. The van der Waals surface area contributed by atoms with Crippen molar-refractivity contribution in [2.75, 3.05) is 38.7 Å². The van der Waals surface area contributed by atoms with E-state index in [1.54, 1.807) is 39.0 Å². The van der Waals surface area contributed by atoms with Gasteiger partial charge in [-0.2, -0.15) is 0 Å². The highest BCUT2D eigenvalue weighted by molar-refractivity contribution is 6.02. The van der Waals surface area contributed by atoms with E-state index in [0.29, 0.717) is 31.0 Å². The number of rotatable bonds is 6. The topological polar surface area (TPSA) is 94.2 Å². The third-order valence-corrected chi connectivity index (χ3v) is 4.02. The Kier molecular flexibility index (Phi) is 7.53. The van der Waals surface area contributed by atoms with Crippen molar-refractivity contribution in [2.45, 2.75) is 39.3 Å².